The van der Waals surface area contributed by atoms with E-state index in [4.69, 9.17) is 5.73 Å². The maximum absolute atomic E-state index is 11.6. The van der Waals surface area contributed by atoms with E-state index in [9.17, 15) is 9.59 Å². The van der Waals surface area contributed by atoms with Crippen LogP contribution in [0.4, 0.5) is 5.82 Å². The van der Waals surface area contributed by atoms with Gasteiger partial charge in [-0.3, -0.25) is 9.59 Å². The molecule has 6 heteroatoms. The number of nitrogens with two attached hydrogens (primary N) is 1. The molecule has 6 nitrogen and oxygen atoms in total. The molecule has 0 saturated carbocycles. The zero-order chi connectivity index (χ0) is 13.8. The molecule has 2 amide bonds. The number of hydrogen-bond acceptors (Lipinski definition) is 4. The van der Waals surface area contributed by atoms with Crippen LogP contribution in [-0.2, 0) is 4.79 Å². The van der Waals surface area contributed by atoms with E-state index in [1.54, 1.807) is 12.1 Å². The van der Waals surface area contributed by atoms with Crippen LogP contribution in [0.25, 0.3) is 0 Å². The Bertz CT molecular complexity index is 464. The fourth-order valence-corrected chi connectivity index (χ4v) is 2.13. The highest BCUT2D eigenvalue weighted by molar-refractivity contribution is 5.92. The van der Waals surface area contributed by atoms with Crippen molar-refractivity contribution in [3.05, 3.63) is 23.9 Å². The summed E-state index contributed by atoms with van der Waals surface area (Å²) in [5.41, 5.74) is 5.58. The number of hydrogen-bond donors (Lipinski definition) is 1. The fraction of sp³-hybridized carbons (Fsp3) is 0.462. The Morgan fingerprint density at radius 3 is 2.42 bits per heavy atom. The Morgan fingerprint density at radius 1 is 1.26 bits per heavy atom. The summed E-state index contributed by atoms with van der Waals surface area (Å²) >= 11 is 0. The van der Waals surface area contributed by atoms with Crippen molar-refractivity contribution in [2.45, 2.75) is 13.3 Å². The van der Waals surface area contributed by atoms with Gasteiger partial charge in [-0.1, -0.05) is 6.92 Å². The number of piperazine rings is 1. The Morgan fingerprint density at radius 2 is 1.95 bits per heavy atom. The molecule has 0 radical (unpaired) electrons. The number of rotatable bonds is 3. The number of amides is 2. The molecule has 0 unspecified atom stereocenters. The van der Waals surface area contributed by atoms with Crippen molar-refractivity contribution < 1.29 is 9.59 Å². The molecule has 0 atom stereocenters. The van der Waals surface area contributed by atoms with Crippen LogP contribution in [0.15, 0.2) is 18.3 Å². The number of nitrogens with zero attached hydrogens (tertiary/aromatic N) is 3. The molecule has 1 aliphatic rings. The predicted molar refractivity (Wildman–Crippen MR) is 71.8 cm³/mol. The van der Waals surface area contributed by atoms with Gasteiger partial charge in [-0.25, -0.2) is 4.98 Å². The average molecular weight is 262 g/mol. The van der Waals surface area contributed by atoms with Gasteiger partial charge in [-0.05, 0) is 12.1 Å². The Balaban J connectivity index is 1.97. The quantitative estimate of drug-likeness (QED) is 0.846. The van der Waals surface area contributed by atoms with E-state index in [0.717, 1.165) is 18.9 Å². The zero-order valence-corrected chi connectivity index (χ0v) is 11.0. The third-order valence-corrected chi connectivity index (χ3v) is 3.29. The van der Waals surface area contributed by atoms with Crippen LogP contribution in [0.3, 0.4) is 0 Å². The summed E-state index contributed by atoms with van der Waals surface area (Å²) in [5, 5.41) is 0. The highest BCUT2D eigenvalue weighted by Crippen LogP contribution is 2.14. The van der Waals surface area contributed by atoms with Crippen LogP contribution < -0.4 is 10.6 Å². The number of carbonyl (C=O) groups is 2. The second-order valence-electron chi connectivity index (χ2n) is 4.49. The van der Waals surface area contributed by atoms with E-state index in [0.29, 0.717) is 25.1 Å². The minimum Gasteiger partial charge on any atom is -0.366 e. The molecule has 2 rings (SSSR count). The first-order chi connectivity index (χ1) is 9.11. The van der Waals surface area contributed by atoms with E-state index < -0.39 is 5.91 Å². The molecule has 2 heterocycles. The molecule has 0 aliphatic carbocycles. The molecule has 19 heavy (non-hydrogen) atoms. The van der Waals surface area contributed by atoms with Gasteiger partial charge in [0.2, 0.25) is 11.8 Å². The monoisotopic (exact) mass is 262 g/mol. The van der Waals surface area contributed by atoms with Crippen molar-refractivity contribution in [3.63, 3.8) is 0 Å². The van der Waals surface area contributed by atoms with Gasteiger partial charge in [0.1, 0.15) is 5.82 Å². The van der Waals surface area contributed by atoms with Crippen LogP contribution in [0, 0.1) is 0 Å². The van der Waals surface area contributed by atoms with Gasteiger partial charge in [-0.15, -0.1) is 0 Å². The Hall–Kier alpha value is -2.11. The first kappa shape index (κ1) is 13.3. The minimum atomic E-state index is -0.475. The molecule has 0 spiro atoms. The lowest BCUT2D eigenvalue weighted by molar-refractivity contribution is -0.131. The van der Waals surface area contributed by atoms with Gasteiger partial charge in [-0.2, -0.15) is 0 Å². The standard InChI is InChI=1S/C13H18N4O2/c1-2-12(18)17-7-5-16(6-8-17)11-4-3-10(9-15-11)13(14)19/h3-4,9H,2,5-8H2,1H3,(H2,14,19). The van der Waals surface area contributed by atoms with E-state index >= 15 is 0 Å². The predicted octanol–water partition coefficient (Wildman–Crippen LogP) is 0.239. The van der Waals surface area contributed by atoms with Crippen LogP contribution in [0.2, 0.25) is 0 Å². The molecule has 1 saturated heterocycles. The number of carbonyl (C=O) groups excluding carboxylic acids is 2. The molecule has 1 aliphatic heterocycles. The highest BCUT2D eigenvalue weighted by atomic mass is 16.2. The summed E-state index contributed by atoms with van der Waals surface area (Å²) in [7, 11) is 0. The first-order valence-corrected chi connectivity index (χ1v) is 6.40. The van der Waals surface area contributed by atoms with E-state index in [-0.39, 0.29) is 5.91 Å². The third-order valence-electron chi connectivity index (χ3n) is 3.29. The first-order valence-electron chi connectivity index (χ1n) is 6.40. The summed E-state index contributed by atoms with van der Waals surface area (Å²) in [5.74, 6) is 0.530. The summed E-state index contributed by atoms with van der Waals surface area (Å²) < 4.78 is 0. The van der Waals surface area contributed by atoms with Gasteiger partial charge in [0, 0.05) is 38.8 Å². The normalized spacial score (nSPS) is 15.4. The summed E-state index contributed by atoms with van der Waals surface area (Å²) in [4.78, 5) is 30.7. The van der Waals surface area contributed by atoms with Gasteiger partial charge < -0.3 is 15.5 Å². The van der Waals surface area contributed by atoms with Crippen LogP contribution in [-0.4, -0.2) is 47.9 Å². The van der Waals surface area contributed by atoms with Crippen LogP contribution in [0.5, 0.6) is 0 Å². The summed E-state index contributed by atoms with van der Waals surface area (Å²) in [6.45, 7) is 4.82. The molecule has 1 aromatic rings. The van der Waals surface area contributed by atoms with E-state index in [1.807, 2.05) is 11.8 Å². The SMILES string of the molecule is CCC(=O)N1CCN(c2ccc(C(N)=O)cn2)CC1. The largest absolute Gasteiger partial charge is 0.366 e. The minimum absolute atomic E-state index is 0.191. The van der Waals surface area contributed by atoms with E-state index in [2.05, 4.69) is 9.88 Å². The molecule has 1 fully saturated rings. The molecule has 1 aromatic heterocycles. The topological polar surface area (TPSA) is 79.5 Å². The van der Waals surface area contributed by atoms with Crippen molar-refractivity contribution in [3.8, 4) is 0 Å². The molecule has 102 valence electrons. The lowest BCUT2D eigenvalue weighted by Crippen LogP contribution is -2.48. The van der Waals surface area contributed by atoms with Crippen molar-refractivity contribution in [1.82, 2.24) is 9.88 Å². The van der Waals surface area contributed by atoms with Gasteiger partial charge in [0.15, 0.2) is 0 Å². The van der Waals surface area contributed by atoms with Crippen molar-refractivity contribution in [1.29, 1.82) is 0 Å². The Labute approximate surface area is 112 Å². The lowest BCUT2D eigenvalue weighted by Gasteiger charge is -2.35. The summed E-state index contributed by atoms with van der Waals surface area (Å²) in [6.07, 6.45) is 2.03. The molecule has 0 aromatic carbocycles. The fourth-order valence-electron chi connectivity index (χ4n) is 2.13. The van der Waals surface area contributed by atoms with Crippen LogP contribution >= 0.6 is 0 Å². The van der Waals surface area contributed by atoms with Crippen LogP contribution in [0.1, 0.15) is 23.7 Å². The number of pyridine rings is 1. The molecule has 0 bridgehead atoms. The second kappa shape index (κ2) is 5.69. The highest BCUT2D eigenvalue weighted by Gasteiger charge is 2.20. The lowest BCUT2D eigenvalue weighted by atomic mass is 10.2. The summed E-state index contributed by atoms with van der Waals surface area (Å²) in [6, 6.07) is 3.46. The van der Waals surface area contributed by atoms with Gasteiger partial charge in [0.25, 0.3) is 0 Å². The zero-order valence-electron chi connectivity index (χ0n) is 11.0. The number of aromatic nitrogens is 1. The smallest absolute Gasteiger partial charge is 0.250 e. The Kier molecular flexibility index (Phi) is 3.99. The maximum atomic E-state index is 11.6. The second-order valence-corrected chi connectivity index (χ2v) is 4.49. The van der Waals surface area contributed by atoms with Gasteiger partial charge in [0.05, 0.1) is 5.56 Å². The molecule has 2 N–H and O–H groups in total. The van der Waals surface area contributed by atoms with E-state index in [1.165, 1.54) is 6.20 Å². The number of anilines is 1. The maximum Gasteiger partial charge on any atom is 0.250 e. The molecular weight excluding hydrogens is 244 g/mol. The third kappa shape index (κ3) is 3.01. The van der Waals surface area contributed by atoms with Crippen molar-refractivity contribution in [2.24, 2.45) is 5.73 Å². The van der Waals surface area contributed by atoms with Gasteiger partial charge >= 0.3 is 0 Å². The average Bonchev–Trinajstić information content (AvgIpc) is 2.46. The van der Waals surface area contributed by atoms with Crippen molar-refractivity contribution >= 4 is 17.6 Å². The molecular formula is C13H18N4O2. The number of primary amides is 1. The van der Waals surface area contributed by atoms with Crippen molar-refractivity contribution in [2.75, 3.05) is 31.1 Å².